The van der Waals surface area contributed by atoms with Gasteiger partial charge >= 0.3 is 0 Å². The first-order valence-electron chi connectivity index (χ1n) is 12.6. The standard InChI is InChI=1S/C30H30FN5OS/c1-19-7-13-24(14-8-19)36-20(2)18-25(21(36)3)29-28(26-6-4-5-16-32-26)34-30(38)35(29)17-15-27(37)33-23-11-9-22(31)10-12-23/h4-14,16,18,28-29H,15,17H2,1-3H3,(H,33,37)(H,34,38)/t28-,29+/m0/s1. The molecular weight excluding hydrogens is 497 g/mol. The van der Waals surface area contributed by atoms with Gasteiger partial charge in [-0.15, -0.1) is 0 Å². The zero-order chi connectivity index (χ0) is 26.8. The van der Waals surface area contributed by atoms with E-state index in [1.807, 2.05) is 18.2 Å². The first kappa shape index (κ1) is 25.6. The van der Waals surface area contributed by atoms with Crippen LogP contribution in [0.25, 0.3) is 5.69 Å². The quantitative estimate of drug-likeness (QED) is 0.292. The maximum absolute atomic E-state index is 13.2. The van der Waals surface area contributed by atoms with Crippen molar-refractivity contribution in [2.75, 3.05) is 11.9 Å². The molecule has 1 saturated heterocycles. The van der Waals surface area contributed by atoms with E-state index in [1.54, 1.807) is 18.3 Å². The lowest BCUT2D eigenvalue weighted by atomic mass is 9.96. The van der Waals surface area contributed by atoms with Gasteiger partial charge in [-0.3, -0.25) is 9.78 Å². The number of anilines is 1. The number of hydrogen-bond donors (Lipinski definition) is 2. The second-order valence-corrected chi connectivity index (χ2v) is 10.0. The second-order valence-electron chi connectivity index (χ2n) is 9.62. The van der Waals surface area contributed by atoms with E-state index in [0.29, 0.717) is 17.3 Å². The van der Waals surface area contributed by atoms with Gasteiger partial charge in [-0.25, -0.2) is 4.39 Å². The normalized spacial score (nSPS) is 16.9. The van der Waals surface area contributed by atoms with Crippen molar-refractivity contribution < 1.29 is 9.18 Å². The van der Waals surface area contributed by atoms with Crippen LogP contribution < -0.4 is 10.6 Å². The number of nitrogens with zero attached hydrogens (tertiary/aromatic N) is 3. The van der Waals surface area contributed by atoms with Gasteiger partial charge in [0.1, 0.15) is 5.82 Å². The van der Waals surface area contributed by atoms with E-state index in [4.69, 9.17) is 12.2 Å². The zero-order valence-electron chi connectivity index (χ0n) is 21.6. The molecule has 38 heavy (non-hydrogen) atoms. The number of benzene rings is 2. The molecule has 0 spiro atoms. The summed E-state index contributed by atoms with van der Waals surface area (Å²) in [5.41, 5.74) is 7.12. The number of carbonyl (C=O) groups excluding carboxylic acids is 1. The fraction of sp³-hybridized carbons (Fsp3) is 0.233. The van der Waals surface area contributed by atoms with Gasteiger partial charge in [0, 0.05) is 41.9 Å². The lowest BCUT2D eigenvalue weighted by Crippen LogP contribution is -2.32. The number of aromatic nitrogens is 2. The average Bonchev–Trinajstić information content (AvgIpc) is 3.39. The van der Waals surface area contributed by atoms with Crippen LogP contribution >= 0.6 is 12.2 Å². The minimum atomic E-state index is -0.344. The molecule has 2 aromatic heterocycles. The predicted octanol–water partition coefficient (Wildman–Crippen LogP) is 5.94. The van der Waals surface area contributed by atoms with Crippen molar-refractivity contribution in [3.63, 3.8) is 0 Å². The van der Waals surface area contributed by atoms with Crippen molar-refractivity contribution in [2.24, 2.45) is 0 Å². The van der Waals surface area contributed by atoms with Crippen LogP contribution in [0.15, 0.2) is 79.0 Å². The molecule has 1 aliphatic heterocycles. The summed E-state index contributed by atoms with van der Waals surface area (Å²) in [5, 5.41) is 6.89. The van der Waals surface area contributed by atoms with Crippen LogP contribution in [0.5, 0.6) is 0 Å². The van der Waals surface area contributed by atoms with Crippen LogP contribution in [0, 0.1) is 26.6 Å². The van der Waals surface area contributed by atoms with E-state index in [1.165, 1.54) is 17.7 Å². The smallest absolute Gasteiger partial charge is 0.226 e. The number of carbonyl (C=O) groups is 1. The summed E-state index contributed by atoms with van der Waals surface area (Å²) in [5.74, 6) is -0.507. The molecule has 1 aliphatic rings. The van der Waals surface area contributed by atoms with Gasteiger partial charge in [-0.1, -0.05) is 23.8 Å². The Balaban J connectivity index is 1.46. The molecule has 1 fully saturated rings. The van der Waals surface area contributed by atoms with Crippen LogP contribution in [-0.2, 0) is 4.79 Å². The number of pyridine rings is 1. The lowest BCUT2D eigenvalue weighted by Gasteiger charge is -2.28. The van der Waals surface area contributed by atoms with Gasteiger partial charge in [0.15, 0.2) is 5.11 Å². The Morgan fingerprint density at radius 2 is 1.79 bits per heavy atom. The largest absolute Gasteiger partial charge is 0.352 e. The Morgan fingerprint density at radius 1 is 1.05 bits per heavy atom. The molecule has 194 valence electrons. The van der Waals surface area contributed by atoms with Crippen LogP contribution in [0.1, 0.15) is 46.7 Å². The lowest BCUT2D eigenvalue weighted by molar-refractivity contribution is -0.116. The number of rotatable bonds is 7. The molecule has 2 aromatic carbocycles. The fourth-order valence-electron chi connectivity index (χ4n) is 5.14. The Kier molecular flexibility index (Phi) is 7.24. The Hall–Kier alpha value is -4.04. The molecule has 0 aliphatic carbocycles. The van der Waals surface area contributed by atoms with Crippen LogP contribution in [0.2, 0.25) is 0 Å². The number of thiocarbonyl (C=S) groups is 1. The Morgan fingerprint density at radius 3 is 2.47 bits per heavy atom. The van der Waals surface area contributed by atoms with E-state index in [-0.39, 0.29) is 30.2 Å². The third-order valence-electron chi connectivity index (χ3n) is 6.99. The average molecular weight is 528 g/mol. The molecule has 2 atom stereocenters. The van der Waals surface area contributed by atoms with Gasteiger partial charge in [-0.05, 0) is 93.1 Å². The monoisotopic (exact) mass is 527 g/mol. The first-order chi connectivity index (χ1) is 18.3. The van der Waals surface area contributed by atoms with Crippen molar-refractivity contribution in [1.29, 1.82) is 0 Å². The number of amides is 1. The molecule has 0 saturated carbocycles. The van der Waals surface area contributed by atoms with Crippen molar-refractivity contribution in [2.45, 2.75) is 39.3 Å². The first-order valence-corrected chi connectivity index (χ1v) is 13.0. The highest BCUT2D eigenvalue weighted by atomic mass is 32.1. The molecule has 1 amide bonds. The van der Waals surface area contributed by atoms with E-state index >= 15 is 0 Å². The van der Waals surface area contributed by atoms with Gasteiger partial charge < -0.3 is 20.1 Å². The highest BCUT2D eigenvalue weighted by Gasteiger charge is 2.41. The summed E-state index contributed by atoms with van der Waals surface area (Å²) in [7, 11) is 0. The highest BCUT2D eigenvalue weighted by molar-refractivity contribution is 7.80. The molecule has 2 N–H and O–H groups in total. The number of nitrogens with one attached hydrogen (secondary N) is 2. The van der Waals surface area contributed by atoms with Gasteiger partial charge in [0.05, 0.1) is 17.8 Å². The molecule has 4 aromatic rings. The SMILES string of the molecule is Cc1ccc(-n2c(C)cc([C@@H]3[C@H](c4ccccn4)NC(=S)N3CCC(=O)Nc3ccc(F)cc3)c2C)cc1. The molecule has 3 heterocycles. The van der Waals surface area contributed by atoms with E-state index in [2.05, 4.69) is 76.2 Å². The molecule has 6 nitrogen and oxygen atoms in total. The zero-order valence-corrected chi connectivity index (χ0v) is 22.4. The summed E-state index contributed by atoms with van der Waals surface area (Å²) in [6, 6.07) is 22.0. The molecule has 8 heteroatoms. The van der Waals surface area contributed by atoms with Gasteiger partial charge in [0.2, 0.25) is 5.91 Å². The van der Waals surface area contributed by atoms with E-state index in [9.17, 15) is 9.18 Å². The highest BCUT2D eigenvalue weighted by Crippen LogP contribution is 2.41. The summed E-state index contributed by atoms with van der Waals surface area (Å²) in [4.78, 5) is 19.5. The molecular formula is C30H30FN5OS. The second kappa shape index (κ2) is 10.8. The predicted molar refractivity (Wildman–Crippen MR) is 152 cm³/mol. The third-order valence-corrected chi connectivity index (χ3v) is 7.34. The van der Waals surface area contributed by atoms with Gasteiger partial charge in [0.25, 0.3) is 0 Å². The summed E-state index contributed by atoms with van der Waals surface area (Å²) in [6.07, 6.45) is 2.01. The van der Waals surface area contributed by atoms with Crippen molar-refractivity contribution >= 4 is 28.9 Å². The minimum Gasteiger partial charge on any atom is -0.352 e. The summed E-state index contributed by atoms with van der Waals surface area (Å²) < 4.78 is 15.5. The Labute approximate surface area is 227 Å². The van der Waals surface area contributed by atoms with Crippen LogP contribution in [-0.4, -0.2) is 32.0 Å². The molecule has 0 radical (unpaired) electrons. The summed E-state index contributed by atoms with van der Waals surface area (Å²) >= 11 is 5.79. The number of aryl methyl sites for hydroxylation is 2. The maximum atomic E-state index is 13.2. The van der Waals surface area contributed by atoms with Crippen molar-refractivity contribution in [3.8, 4) is 5.69 Å². The third kappa shape index (κ3) is 5.17. The molecule has 5 rings (SSSR count). The van der Waals surface area contributed by atoms with Crippen molar-refractivity contribution in [1.82, 2.24) is 19.8 Å². The molecule has 0 unspecified atom stereocenters. The molecule has 0 bridgehead atoms. The van der Waals surface area contributed by atoms with E-state index in [0.717, 1.165) is 28.3 Å². The van der Waals surface area contributed by atoms with Gasteiger partial charge in [-0.2, -0.15) is 0 Å². The number of hydrogen-bond acceptors (Lipinski definition) is 3. The maximum Gasteiger partial charge on any atom is 0.226 e. The number of halogens is 1. The topological polar surface area (TPSA) is 62.2 Å². The van der Waals surface area contributed by atoms with Crippen LogP contribution in [0.4, 0.5) is 10.1 Å². The van der Waals surface area contributed by atoms with Crippen LogP contribution in [0.3, 0.4) is 0 Å². The van der Waals surface area contributed by atoms with Crippen molar-refractivity contribution in [3.05, 3.63) is 113 Å². The van der Waals surface area contributed by atoms with E-state index < -0.39 is 0 Å². The fourth-order valence-corrected chi connectivity index (χ4v) is 5.47. The summed E-state index contributed by atoms with van der Waals surface area (Å²) in [6.45, 7) is 6.73. The Bertz CT molecular complexity index is 1450. The minimum absolute atomic E-state index is 0.151.